The first kappa shape index (κ1) is 24.3. The normalized spacial score (nSPS) is 19.6. The lowest BCUT2D eigenvalue weighted by molar-refractivity contribution is -0.121. The Morgan fingerprint density at radius 1 is 1.00 bits per heavy atom. The highest BCUT2D eigenvalue weighted by molar-refractivity contribution is 5.80. The molecule has 2 amide bonds. The highest BCUT2D eigenvalue weighted by Crippen LogP contribution is 2.22. The number of hydrogen-bond acceptors (Lipinski definition) is 4. The number of nitrogens with zero attached hydrogens (tertiary/aromatic N) is 3. The molecule has 0 atom stereocenters. The second-order valence-electron chi connectivity index (χ2n) is 9.41. The van der Waals surface area contributed by atoms with Crippen LogP contribution in [0.3, 0.4) is 0 Å². The van der Waals surface area contributed by atoms with Crippen molar-refractivity contribution in [1.29, 1.82) is 0 Å². The van der Waals surface area contributed by atoms with Crippen LogP contribution < -0.4 is 10.6 Å². The van der Waals surface area contributed by atoms with E-state index in [9.17, 15) is 9.59 Å². The van der Waals surface area contributed by atoms with E-state index in [1.807, 2.05) is 25.7 Å². The van der Waals surface area contributed by atoms with Crippen LogP contribution >= 0.6 is 0 Å². The third kappa shape index (κ3) is 8.03. The van der Waals surface area contributed by atoms with Crippen LogP contribution in [0.1, 0.15) is 59.8 Å². The van der Waals surface area contributed by atoms with E-state index in [-0.39, 0.29) is 12.0 Å². The van der Waals surface area contributed by atoms with Gasteiger partial charge < -0.3 is 25.2 Å². The Kier molecular flexibility index (Phi) is 9.24. The molecule has 0 aromatic heterocycles. The van der Waals surface area contributed by atoms with Gasteiger partial charge in [-0.2, -0.15) is 0 Å². The van der Waals surface area contributed by atoms with Crippen LogP contribution in [0.2, 0.25) is 0 Å². The molecule has 0 saturated carbocycles. The maximum atomic E-state index is 12.2. The molecule has 0 aliphatic carbocycles. The van der Waals surface area contributed by atoms with Crippen LogP contribution in [0, 0.1) is 11.8 Å². The predicted molar refractivity (Wildman–Crippen MR) is 119 cm³/mol. The summed E-state index contributed by atoms with van der Waals surface area (Å²) in [4.78, 5) is 32.9. The first-order valence-electron chi connectivity index (χ1n) is 11.4. The molecule has 2 N–H and O–H groups in total. The van der Waals surface area contributed by atoms with E-state index >= 15 is 0 Å². The molecule has 30 heavy (non-hydrogen) atoms. The molecule has 0 aromatic carbocycles. The first-order valence-corrected chi connectivity index (χ1v) is 11.4. The summed E-state index contributed by atoms with van der Waals surface area (Å²) in [5.74, 6) is 2.06. The van der Waals surface area contributed by atoms with E-state index in [2.05, 4.69) is 22.5 Å². The zero-order chi connectivity index (χ0) is 22.1. The third-order valence-corrected chi connectivity index (χ3v) is 5.77. The third-order valence-electron chi connectivity index (χ3n) is 5.77. The number of carbonyl (C=O) groups excluding carboxylic acids is 2. The van der Waals surface area contributed by atoms with Crippen molar-refractivity contribution < 1.29 is 14.3 Å². The minimum absolute atomic E-state index is 0.131. The largest absolute Gasteiger partial charge is 0.444 e. The number of nitrogens with one attached hydrogen (secondary N) is 2. The molecule has 0 spiro atoms. The molecule has 2 rings (SSSR count). The maximum absolute atomic E-state index is 12.2. The molecule has 2 heterocycles. The summed E-state index contributed by atoms with van der Waals surface area (Å²) in [5, 5.41) is 6.15. The molecule has 0 unspecified atom stereocenters. The molecule has 2 saturated heterocycles. The summed E-state index contributed by atoms with van der Waals surface area (Å²) in [6, 6.07) is 0. The second kappa shape index (κ2) is 11.4. The molecule has 0 aromatic rings. The lowest BCUT2D eigenvalue weighted by atomic mass is 9.93. The minimum Gasteiger partial charge on any atom is -0.444 e. The number of likely N-dealkylation sites (tertiary alicyclic amines) is 2. The van der Waals surface area contributed by atoms with E-state index in [0.29, 0.717) is 18.3 Å². The fourth-order valence-corrected chi connectivity index (χ4v) is 3.98. The van der Waals surface area contributed by atoms with Crippen molar-refractivity contribution in [3.63, 3.8) is 0 Å². The highest BCUT2D eigenvalue weighted by Gasteiger charge is 2.27. The van der Waals surface area contributed by atoms with Crippen LogP contribution in [-0.2, 0) is 9.53 Å². The molecule has 8 heteroatoms. The van der Waals surface area contributed by atoms with Gasteiger partial charge in [-0.15, -0.1) is 0 Å². The van der Waals surface area contributed by atoms with Crippen molar-refractivity contribution in [2.45, 2.75) is 65.4 Å². The summed E-state index contributed by atoms with van der Waals surface area (Å²) in [7, 11) is 1.70. The SMILES string of the molecule is CCNC(=NCC1CCN(C(=O)OC(C)(C)C)CC1)N1CCC(CC(=O)NC)CC1. The average Bonchev–Trinajstić information content (AvgIpc) is 2.71. The van der Waals surface area contributed by atoms with Crippen molar-refractivity contribution in [2.75, 3.05) is 46.3 Å². The van der Waals surface area contributed by atoms with Gasteiger partial charge in [0.15, 0.2) is 5.96 Å². The Balaban J connectivity index is 1.80. The zero-order valence-corrected chi connectivity index (χ0v) is 19.5. The standard InChI is InChI=1S/C22H41N5O3/c1-6-24-20(26-11-7-17(8-12-26)15-19(28)23-5)25-16-18-9-13-27(14-10-18)21(29)30-22(2,3)4/h17-18H,6-16H2,1-5H3,(H,23,28)(H,24,25). The molecule has 172 valence electrons. The van der Waals surface area contributed by atoms with Crippen LogP contribution in [0.25, 0.3) is 0 Å². The first-order chi connectivity index (χ1) is 14.2. The lowest BCUT2D eigenvalue weighted by Gasteiger charge is -2.35. The van der Waals surface area contributed by atoms with Gasteiger partial charge in [-0.25, -0.2) is 4.79 Å². The van der Waals surface area contributed by atoms with Crippen LogP contribution in [-0.4, -0.2) is 79.7 Å². The van der Waals surface area contributed by atoms with E-state index < -0.39 is 5.60 Å². The number of rotatable bonds is 5. The maximum Gasteiger partial charge on any atom is 0.410 e. The molecule has 2 fully saturated rings. The fourth-order valence-electron chi connectivity index (χ4n) is 3.98. The Bertz CT molecular complexity index is 586. The van der Waals surface area contributed by atoms with Crippen LogP contribution in [0.15, 0.2) is 4.99 Å². The second-order valence-corrected chi connectivity index (χ2v) is 9.41. The topological polar surface area (TPSA) is 86.3 Å². The van der Waals surface area contributed by atoms with Gasteiger partial charge in [0.05, 0.1) is 0 Å². The van der Waals surface area contributed by atoms with Crippen molar-refractivity contribution in [3.8, 4) is 0 Å². The minimum atomic E-state index is -0.452. The van der Waals surface area contributed by atoms with Crippen molar-refractivity contribution in [2.24, 2.45) is 16.8 Å². The molecule has 2 aliphatic rings. The predicted octanol–water partition coefficient (Wildman–Crippen LogP) is 2.45. The van der Waals surface area contributed by atoms with Gasteiger partial charge in [0.2, 0.25) is 5.91 Å². The number of amides is 2. The number of guanidine groups is 1. The highest BCUT2D eigenvalue weighted by atomic mass is 16.6. The van der Waals surface area contributed by atoms with E-state index in [1.165, 1.54) is 0 Å². The van der Waals surface area contributed by atoms with E-state index in [0.717, 1.165) is 70.9 Å². The van der Waals surface area contributed by atoms with Crippen LogP contribution in [0.5, 0.6) is 0 Å². The fraction of sp³-hybridized carbons (Fsp3) is 0.864. The average molecular weight is 424 g/mol. The number of carbonyl (C=O) groups is 2. The zero-order valence-electron chi connectivity index (χ0n) is 19.5. The number of piperidine rings is 2. The molecule has 8 nitrogen and oxygen atoms in total. The summed E-state index contributed by atoms with van der Waals surface area (Å²) >= 11 is 0. The molecule has 2 aliphatic heterocycles. The summed E-state index contributed by atoms with van der Waals surface area (Å²) in [5.41, 5.74) is -0.452. The summed E-state index contributed by atoms with van der Waals surface area (Å²) in [6.07, 6.45) is 4.36. The van der Waals surface area contributed by atoms with Crippen molar-refractivity contribution >= 4 is 18.0 Å². The van der Waals surface area contributed by atoms with Gasteiger partial charge in [-0.05, 0) is 65.2 Å². The van der Waals surface area contributed by atoms with Gasteiger partial charge in [0.25, 0.3) is 0 Å². The van der Waals surface area contributed by atoms with Crippen LogP contribution in [0.4, 0.5) is 4.79 Å². The van der Waals surface area contributed by atoms with Gasteiger partial charge >= 0.3 is 6.09 Å². The number of ether oxygens (including phenoxy) is 1. The summed E-state index contributed by atoms with van der Waals surface area (Å²) < 4.78 is 5.48. The monoisotopic (exact) mass is 423 g/mol. The Morgan fingerprint density at radius 3 is 2.10 bits per heavy atom. The Hall–Kier alpha value is -1.99. The molecular weight excluding hydrogens is 382 g/mol. The van der Waals surface area contributed by atoms with Gasteiger partial charge in [-0.1, -0.05) is 0 Å². The molecule has 0 bridgehead atoms. The smallest absolute Gasteiger partial charge is 0.410 e. The van der Waals surface area contributed by atoms with Gasteiger partial charge in [0, 0.05) is 52.7 Å². The van der Waals surface area contributed by atoms with Gasteiger partial charge in [0.1, 0.15) is 5.60 Å². The molecular formula is C22H41N5O3. The lowest BCUT2D eigenvalue weighted by Crippen LogP contribution is -2.46. The van der Waals surface area contributed by atoms with Crippen molar-refractivity contribution in [1.82, 2.24) is 20.4 Å². The van der Waals surface area contributed by atoms with Gasteiger partial charge in [-0.3, -0.25) is 9.79 Å². The number of aliphatic imine (C=N–C) groups is 1. The number of hydrogen-bond donors (Lipinski definition) is 2. The Labute approximate surface area is 181 Å². The van der Waals surface area contributed by atoms with E-state index in [1.54, 1.807) is 7.05 Å². The molecule has 0 radical (unpaired) electrons. The van der Waals surface area contributed by atoms with E-state index in [4.69, 9.17) is 9.73 Å². The quantitative estimate of drug-likeness (QED) is 0.524. The Morgan fingerprint density at radius 2 is 1.57 bits per heavy atom. The summed E-state index contributed by atoms with van der Waals surface area (Å²) in [6.45, 7) is 12.7. The van der Waals surface area contributed by atoms with Crippen molar-refractivity contribution in [3.05, 3.63) is 0 Å².